The first-order chi connectivity index (χ1) is 11.1. The molecule has 1 amide bonds. The molecule has 0 saturated carbocycles. The second-order valence-corrected chi connectivity index (χ2v) is 7.94. The third-order valence-electron chi connectivity index (χ3n) is 4.29. The Morgan fingerprint density at radius 2 is 2.08 bits per heavy atom. The van der Waals surface area contributed by atoms with Crippen molar-refractivity contribution in [3.63, 3.8) is 0 Å². The number of amides is 1. The Hall–Kier alpha value is -2.13. The van der Waals surface area contributed by atoms with Crippen LogP contribution in [-0.4, -0.2) is 38.1 Å². The van der Waals surface area contributed by atoms with Crippen molar-refractivity contribution in [1.82, 2.24) is 10.0 Å². The van der Waals surface area contributed by atoms with E-state index in [9.17, 15) is 22.7 Å². The van der Waals surface area contributed by atoms with E-state index in [4.69, 9.17) is 0 Å². The summed E-state index contributed by atoms with van der Waals surface area (Å²) in [6.45, 7) is 4.14. The molecule has 24 heavy (non-hydrogen) atoms. The third kappa shape index (κ3) is 2.73. The first-order valence-electron chi connectivity index (χ1n) is 7.43. The molecule has 0 spiro atoms. The van der Waals surface area contributed by atoms with Gasteiger partial charge in [0, 0.05) is 11.1 Å². The quantitative estimate of drug-likeness (QED) is 0.731. The Bertz CT molecular complexity index is 849. The highest BCUT2D eigenvalue weighted by molar-refractivity contribution is 7.92. The highest BCUT2D eigenvalue weighted by Crippen LogP contribution is 2.37. The summed E-state index contributed by atoms with van der Waals surface area (Å²) >= 11 is 0. The maximum Gasteiger partial charge on any atom is 0.326 e. The van der Waals surface area contributed by atoms with E-state index in [0.717, 1.165) is 18.5 Å². The summed E-state index contributed by atoms with van der Waals surface area (Å²) in [6, 6.07) is 2.60. The van der Waals surface area contributed by atoms with Gasteiger partial charge in [0.15, 0.2) is 5.82 Å². The van der Waals surface area contributed by atoms with Crippen molar-refractivity contribution in [3.8, 4) is 5.75 Å². The van der Waals surface area contributed by atoms with Crippen LogP contribution in [0.5, 0.6) is 5.75 Å². The molecule has 2 heterocycles. The van der Waals surface area contributed by atoms with Crippen LogP contribution in [0.4, 0.5) is 10.1 Å². The standard InChI is InChI=1S/C15H18FN3O4S/c1-15(2)10(5-6-17-15)7-9-3-4-11(20)14(13(9)16)19-8-12(21)18-24(19,22)23/h3-4,7,17,20H,5-6,8H2,1-2H3,(H,18,21)/b10-7+. The first kappa shape index (κ1) is 16.7. The summed E-state index contributed by atoms with van der Waals surface area (Å²) in [4.78, 5) is 11.4. The number of hydrogen-bond acceptors (Lipinski definition) is 5. The number of hydrogen-bond donors (Lipinski definition) is 3. The molecular weight excluding hydrogens is 337 g/mol. The van der Waals surface area contributed by atoms with Crippen LogP contribution in [0.2, 0.25) is 0 Å². The molecule has 2 aliphatic heterocycles. The van der Waals surface area contributed by atoms with Gasteiger partial charge >= 0.3 is 10.2 Å². The van der Waals surface area contributed by atoms with Crippen LogP contribution < -0.4 is 14.3 Å². The number of rotatable bonds is 2. The normalized spacial score (nSPS) is 23.7. The van der Waals surface area contributed by atoms with Gasteiger partial charge in [-0.2, -0.15) is 8.42 Å². The van der Waals surface area contributed by atoms with Crippen LogP contribution in [-0.2, 0) is 15.0 Å². The van der Waals surface area contributed by atoms with Gasteiger partial charge in [-0.1, -0.05) is 6.08 Å². The van der Waals surface area contributed by atoms with Crippen LogP contribution in [0.3, 0.4) is 0 Å². The number of carbonyl (C=O) groups excluding carboxylic acids is 1. The van der Waals surface area contributed by atoms with Crippen molar-refractivity contribution >= 4 is 27.9 Å². The number of anilines is 1. The van der Waals surface area contributed by atoms with Crippen LogP contribution >= 0.6 is 0 Å². The minimum absolute atomic E-state index is 0.157. The highest BCUT2D eigenvalue weighted by Gasteiger charge is 2.38. The second kappa shape index (κ2) is 5.45. The number of phenols is 1. The molecule has 2 aliphatic rings. The molecule has 0 aromatic heterocycles. The number of aromatic hydroxyl groups is 1. The Morgan fingerprint density at radius 1 is 1.38 bits per heavy atom. The lowest BCUT2D eigenvalue weighted by Gasteiger charge is -2.21. The van der Waals surface area contributed by atoms with Crippen molar-refractivity contribution in [2.24, 2.45) is 0 Å². The number of nitrogens with zero attached hydrogens (tertiary/aromatic N) is 1. The van der Waals surface area contributed by atoms with Gasteiger partial charge in [0.05, 0.1) is 0 Å². The monoisotopic (exact) mass is 355 g/mol. The molecule has 0 atom stereocenters. The summed E-state index contributed by atoms with van der Waals surface area (Å²) in [7, 11) is -4.20. The van der Waals surface area contributed by atoms with Gasteiger partial charge in [-0.3, -0.25) is 4.79 Å². The lowest BCUT2D eigenvalue weighted by Crippen LogP contribution is -2.33. The smallest absolute Gasteiger partial charge is 0.326 e. The SMILES string of the molecule is CC1(C)NCC/C1=C\c1ccc(O)c(N2CC(=O)NS2(=O)=O)c1F. The fraction of sp³-hybridized carbons (Fsp3) is 0.400. The maximum absolute atomic E-state index is 14.9. The van der Waals surface area contributed by atoms with Gasteiger partial charge < -0.3 is 10.4 Å². The van der Waals surface area contributed by atoms with E-state index in [1.54, 1.807) is 10.8 Å². The van der Waals surface area contributed by atoms with Crippen LogP contribution in [0, 0.1) is 5.82 Å². The van der Waals surface area contributed by atoms with Crippen molar-refractivity contribution < 1.29 is 22.7 Å². The van der Waals surface area contributed by atoms with E-state index >= 15 is 0 Å². The lowest BCUT2D eigenvalue weighted by molar-refractivity contribution is -0.117. The van der Waals surface area contributed by atoms with E-state index in [-0.39, 0.29) is 11.1 Å². The molecule has 1 aromatic carbocycles. The van der Waals surface area contributed by atoms with Gasteiger partial charge in [-0.05, 0) is 44.5 Å². The van der Waals surface area contributed by atoms with Gasteiger partial charge in [0.1, 0.15) is 18.0 Å². The minimum atomic E-state index is -4.20. The largest absolute Gasteiger partial charge is 0.506 e. The molecule has 2 saturated heterocycles. The average Bonchev–Trinajstić information content (AvgIpc) is 2.92. The molecule has 130 valence electrons. The molecule has 3 rings (SSSR count). The summed E-state index contributed by atoms with van der Waals surface area (Å²) in [5.41, 5.74) is 0.314. The van der Waals surface area contributed by atoms with E-state index in [2.05, 4.69) is 5.32 Å². The summed E-state index contributed by atoms with van der Waals surface area (Å²) in [6.07, 6.45) is 2.39. The van der Waals surface area contributed by atoms with Gasteiger partial charge in [0.25, 0.3) is 5.91 Å². The van der Waals surface area contributed by atoms with E-state index in [1.807, 2.05) is 13.8 Å². The minimum Gasteiger partial charge on any atom is -0.506 e. The van der Waals surface area contributed by atoms with Crippen molar-refractivity contribution in [1.29, 1.82) is 0 Å². The number of benzene rings is 1. The summed E-state index contributed by atoms with van der Waals surface area (Å²) in [5, 5.41) is 13.2. The van der Waals surface area contributed by atoms with Gasteiger partial charge in [-0.15, -0.1) is 0 Å². The molecule has 0 unspecified atom stereocenters. The highest BCUT2D eigenvalue weighted by atomic mass is 32.2. The Kier molecular flexibility index (Phi) is 3.80. The van der Waals surface area contributed by atoms with Crippen molar-refractivity contribution in [2.45, 2.75) is 25.8 Å². The first-order valence-corrected chi connectivity index (χ1v) is 8.87. The average molecular weight is 355 g/mol. The fourth-order valence-corrected chi connectivity index (χ4v) is 4.10. The summed E-state index contributed by atoms with van der Waals surface area (Å²) in [5.74, 6) is -2.21. The second-order valence-electron chi connectivity index (χ2n) is 6.34. The Morgan fingerprint density at radius 3 is 2.62 bits per heavy atom. The fourth-order valence-electron chi connectivity index (χ4n) is 2.94. The van der Waals surface area contributed by atoms with E-state index in [1.165, 1.54) is 12.1 Å². The molecule has 3 N–H and O–H groups in total. The molecule has 1 aromatic rings. The van der Waals surface area contributed by atoms with Crippen LogP contribution in [0.25, 0.3) is 6.08 Å². The van der Waals surface area contributed by atoms with Crippen molar-refractivity contribution in [3.05, 3.63) is 29.1 Å². The Balaban J connectivity index is 2.10. The maximum atomic E-state index is 14.9. The van der Waals surface area contributed by atoms with Crippen LogP contribution in [0.15, 0.2) is 17.7 Å². The zero-order valence-electron chi connectivity index (χ0n) is 13.3. The number of carbonyl (C=O) groups is 1. The number of phenolic OH excluding ortho intramolecular Hbond substituents is 1. The molecule has 0 radical (unpaired) electrons. The molecule has 9 heteroatoms. The predicted molar refractivity (Wildman–Crippen MR) is 87.1 cm³/mol. The molecular formula is C15H18FN3O4S. The molecule has 0 bridgehead atoms. The third-order valence-corrected chi connectivity index (χ3v) is 5.67. The lowest BCUT2D eigenvalue weighted by atomic mass is 9.94. The van der Waals surface area contributed by atoms with Crippen LogP contribution in [0.1, 0.15) is 25.8 Å². The summed E-state index contributed by atoms with van der Waals surface area (Å²) < 4.78 is 41.0. The number of nitrogens with one attached hydrogen (secondary N) is 2. The topological polar surface area (TPSA) is 98.7 Å². The van der Waals surface area contributed by atoms with Gasteiger partial charge in [-0.25, -0.2) is 13.4 Å². The van der Waals surface area contributed by atoms with E-state index < -0.39 is 39.9 Å². The van der Waals surface area contributed by atoms with Gasteiger partial charge in [0.2, 0.25) is 0 Å². The molecule has 7 nitrogen and oxygen atoms in total. The Labute approximate surface area is 139 Å². The zero-order valence-corrected chi connectivity index (χ0v) is 14.1. The predicted octanol–water partition coefficient (Wildman–Crippen LogP) is 0.868. The molecule has 2 fully saturated rings. The number of halogens is 1. The van der Waals surface area contributed by atoms with E-state index in [0.29, 0.717) is 4.31 Å². The molecule has 0 aliphatic carbocycles. The zero-order chi connectivity index (χ0) is 17.7. The van der Waals surface area contributed by atoms with Crippen molar-refractivity contribution in [2.75, 3.05) is 17.4 Å².